The number of unbranched alkanes of at least 4 members (excludes halogenated alkanes) is 1. The minimum absolute atomic E-state index is 0.138. The van der Waals surface area contributed by atoms with Crippen LogP contribution in [0.2, 0.25) is 0 Å². The number of amides is 2. The second-order valence-corrected chi connectivity index (χ2v) is 17.5. The van der Waals surface area contributed by atoms with E-state index < -0.39 is 88.6 Å². The Morgan fingerprint density at radius 3 is 2.29 bits per heavy atom. The molecule has 0 saturated carbocycles. The Morgan fingerprint density at radius 1 is 0.954 bits per heavy atom. The van der Waals surface area contributed by atoms with Crippen LogP contribution in [0.25, 0.3) is 0 Å². The molecule has 3 aromatic rings. The maximum Gasteiger partial charge on any atom is 0.344 e. The van der Waals surface area contributed by atoms with E-state index in [2.05, 4.69) is 14.1 Å². The van der Waals surface area contributed by atoms with Crippen LogP contribution >= 0.6 is 11.7 Å². The molecule has 1 atom stereocenters. The number of nitrogens with zero attached hydrogens (tertiary/aromatic N) is 5. The monoisotopic (exact) mass is 949 g/mol. The average Bonchev–Trinajstić information content (AvgIpc) is 3.74. The van der Waals surface area contributed by atoms with Gasteiger partial charge in [0.05, 0.1) is 42.7 Å². The highest BCUT2D eigenvalue weighted by Gasteiger charge is 2.33. The summed E-state index contributed by atoms with van der Waals surface area (Å²) in [5, 5.41) is 8.62. The van der Waals surface area contributed by atoms with E-state index in [1.165, 1.54) is 18.0 Å². The molecule has 4 rings (SSSR count). The van der Waals surface area contributed by atoms with E-state index in [4.69, 9.17) is 38.3 Å². The fraction of sp³-hybridized carbons (Fsp3) is 0.512. The van der Waals surface area contributed by atoms with Crippen molar-refractivity contribution in [1.82, 2.24) is 18.5 Å². The predicted molar refractivity (Wildman–Crippen MR) is 233 cm³/mol. The van der Waals surface area contributed by atoms with Crippen molar-refractivity contribution in [3.63, 3.8) is 0 Å². The van der Waals surface area contributed by atoms with Crippen molar-refractivity contribution in [3.05, 3.63) is 48.0 Å². The summed E-state index contributed by atoms with van der Waals surface area (Å²) in [5.41, 5.74) is -1.03. The zero-order valence-electron chi connectivity index (χ0n) is 37.1. The lowest BCUT2D eigenvalue weighted by Gasteiger charge is -2.37. The van der Waals surface area contributed by atoms with Gasteiger partial charge in [-0.15, -0.1) is 4.37 Å². The second kappa shape index (κ2) is 24.3. The van der Waals surface area contributed by atoms with E-state index in [0.717, 1.165) is 36.0 Å². The average molecular weight is 950 g/mol. The van der Waals surface area contributed by atoms with E-state index in [-0.39, 0.29) is 36.0 Å². The third-order valence-electron chi connectivity index (χ3n) is 9.23. The number of sulfonamides is 1. The van der Waals surface area contributed by atoms with Crippen molar-refractivity contribution in [2.75, 3.05) is 89.6 Å². The highest BCUT2D eigenvalue weighted by molar-refractivity contribution is 7.89. The lowest BCUT2D eigenvalue weighted by Crippen LogP contribution is -2.52. The first-order chi connectivity index (χ1) is 30.8. The zero-order valence-corrected chi connectivity index (χ0v) is 38.7. The van der Waals surface area contributed by atoms with Crippen molar-refractivity contribution in [2.45, 2.75) is 64.0 Å². The van der Waals surface area contributed by atoms with Gasteiger partial charge in [-0.3, -0.25) is 19.2 Å². The number of primary sulfonamides is 1. The number of para-hydroxylation sites is 1. The number of carbonyl (C=O) groups excluding carboxylic acids is 6. The third kappa shape index (κ3) is 16.4. The molecule has 0 spiro atoms. The number of rotatable bonds is 23. The minimum Gasteiger partial charge on any atom is -0.470 e. The van der Waals surface area contributed by atoms with Crippen LogP contribution in [0.1, 0.15) is 57.8 Å². The number of esters is 4. The Bertz CT molecular complexity index is 2230. The van der Waals surface area contributed by atoms with E-state index in [1.807, 2.05) is 11.8 Å². The van der Waals surface area contributed by atoms with Gasteiger partial charge in [0, 0.05) is 39.1 Å². The van der Waals surface area contributed by atoms with E-state index in [9.17, 15) is 37.2 Å². The van der Waals surface area contributed by atoms with Crippen LogP contribution in [-0.4, -0.2) is 154 Å². The summed E-state index contributed by atoms with van der Waals surface area (Å²) < 4.78 is 72.0. The van der Waals surface area contributed by atoms with Crippen molar-refractivity contribution >= 4 is 68.9 Å². The molecule has 0 unspecified atom stereocenters. The van der Waals surface area contributed by atoms with Crippen LogP contribution in [0.15, 0.2) is 47.4 Å². The number of nitrogens with two attached hydrogens (primary N) is 1. The molecule has 0 bridgehead atoms. The number of likely N-dealkylation sites (N-methyl/N-ethyl adjacent to an activating group) is 1. The summed E-state index contributed by atoms with van der Waals surface area (Å²) in [6, 6.07) is 10.6. The lowest BCUT2D eigenvalue weighted by atomic mass is 10.1. The van der Waals surface area contributed by atoms with Crippen LogP contribution in [0.4, 0.5) is 11.5 Å². The van der Waals surface area contributed by atoms with Crippen molar-refractivity contribution in [2.24, 2.45) is 5.14 Å². The Hall–Kier alpha value is -6.11. The molecule has 1 aliphatic rings. The number of benzene rings is 2. The van der Waals surface area contributed by atoms with Gasteiger partial charge in [0.1, 0.15) is 23.8 Å². The summed E-state index contributed by atoms with van der Waals surface area (Å²) in [5.74, 6) is -4.37. The molecule has 65 heavy (non-hydrogen) atoms. The Labute approximate surface area is 380 Å². The largest absolute Gasteiger partial charge is 0.470 e. The maximum absolute atomic E-state index is 13.6. The van der Waals surface area contributed by atoms with Crippen molar-refractivity contribution in [3.8, 4) is 17.4 Å². The number of morpholine rings is 1. The molecule has 1 saturated heterocycles. The third-order valence-corrected chi connectivity index (χ3v) is 10.6. The first kappa shape index (κ1) is 51.5. The summed E-state index contributed by atoms with van der Waals surface area (Å²) in [6.45, 7) is 7.15. The van der Waals surface area contributed by atoms with Gasteiger partial charge >= 0.3 is 23.9 Å². The minimum atomic E-state index is -4.45. The quantitative estimate of drug-likeness (QED) is 0.0784. The van der Waals surface area contributed by atoms with Gasteiger partial charge in [0.25, 0.3) is 17.7 Å². The zero-order chi connectivity index (χ0) is 47.7. The Morgan fingerprint density at radius 2 is 1.65 bits per heavy atom. The highest BCUT2D eigenvalue weighted by atomic mass is 32.2. The molecule has 1 fully saturated rings. The summed E-state index contributed by atoms with van der Waals surface area (Å²) in [6.07, 6.45) is 0.382. The van der Waals surface area contributed by atoms with E-state index >= 15 is 0 Å². The summed E-state index contributed by atoms with van der Waals surface area (Å²) in [4.78, 5) is 80.4. The van der Waals surface area contributed by atoms with Crippen LogP contribution in [0.5, 0.6) is 17.4 Å². The Balaban J connectivity index is 1.38. The predicted octanol–water partition coefficient (Wildman–Crippen LogP) is 2.37. The van der Waals surface area contributed by atoms with Gasteiger partial charge in [-0.2, -0.15) is 4.37 Å². The number of anilines is 2. The number of aromatic nitrogens is 2. The lowest BCUT2D eigenvalue weighted by molar-refractivity contribution is -0.166. The smallest absolute Gasteiger partial charge is 0.344 e. The molecule has 2 aromatic carbocycles. The van der Waals surface area contributed by atoms with Crippen LogP contribution in [0.3, 0.4) is 0 Å². The van der Waals surface area contributed by atoms with Crippen molar-refractivity contribution in [1.29, 1.82) is 0 Å². The molecule has 0 radical (unpaired) electrons. The number of hydrogen-bond acceptors (Lipinski definition) is 20. The van der Waals surface area contributed by atoms with Gasteiger partial charge in [0.2, 0.25) is 15.8 Å². The normalized spacial score (nSPS) is 13.2. The first-order valence-corrected chi connectivity index (χ1v) is 22.7. The van der Waals surface area contributed by atoms with Gasteiger partial charge < -0.3 is 53.2 Å². The number of hydrogen-bond donors (Lipinski definition) is 2. The van der Waals surface area contributed by atoms with Crippen LogP contribution < -0.4 is 24.8 Å². The van der Waals surface area contributed by atoms with Gasteiger partial charge in [-0.1, -0.05) is 31.5 Å². The van der Waals surface area contributed by atoms with Crippen LogP contribution in [0, 0.1) is 0 Å². The number of carbonyl (C=O) groups is 6. The van der Waals surface area contributed by atoms with Crippen LogP contribution in [-0.2, 0) is 57.7 Å². The van der Waals surface area contributed by atoms with Gasteiger partial charge in [-0.25, -0.2) is 23.1 Å². The van der Waals surface area contributed by atoms with Gasteiger partial charge in [-0.05, 0) is 51.5 Å². The van der Waals surface area contributed by atoms with Gasteiger partial charge in [0.15, 0.2) is 31.7 Å². The molecular weight excluding hydrogens is 895 g/mol. The molecule has 2 heterocycles. The molecule has 3 N–H and O–H groups in total. The highest BCUT2D eigenvalue weighted by Crippen LogP contribution is 2.37. The fourth-order valence-electron chi connectivity index (χ4n) is 5.91. The standard InChI is InChI=1S/C41H55N7O15S2/c1-7-8-14-43-31-19-28(20-32(65(42,55)56)37(31)63-29-12-10-9-11-13-29)40(54)61-24-33(50)46(6)22-35(52)59-25-34(51)48(41(3,4)5)21-30(62-36(53)26-58-27(2)49)23-60-39-38(44-64-45-39)47-15-17-57-18-16-47/h9-13,19-20,30,43H,7-8,14-18,21-26H2,1-6H3,(H2,42,55,56)/t30-/m0/s1. The molecule has 24 heteroatoms. The molecule has 356 valence electrons. The molecule has 0 aliphatic carbocycles. The van der Waals surface area contributed by atoms with Crippen molar-refractivity contribution < 1.29 is 70.3 Å². The Kier molecular flexibility index (Phi) is 19.2. The van der Waals surface area contributed by atoms with E-state index in [1.54, 1.807) is 51.1 Å². The molecule has 1 aliphatic heterocycles. The maximum atomic E-state index is 13.6. The summed E-state index contributed by atoms with van der Waals surface area (Å²) >= 11 is 0.922. The SMILES string of the molecule is CCCCNc1cc(C(=O)OCC(=O)N(C)CC(=O)OCC(=O)N(C[C@@H](COc2nsnc2N2CCOCC2)OC(=O)COC(C)=O)C(C)(C)C)cc(S(N)(=O)=O)c1Oc1ccccc1. The van der Waals surface area contributed by atoms with E-state index in [0.29, 0.717) is 50.8 Å². The second-order valence-electron chi connectivity index (χ2n) is 15.4. The molecule has 1 aromatic heterocycles. The summed E-state index contributed by atoms with van der Waals surface area (Å²) in [7, 11) is -3.22. The number of nitrogens with one attached hydrogen (secondary N) is 1. The molecular formula is C41H55N7O15S2. The topological polar surface area (TPSA) is 275 Å². The fourth-order valence-corrected chi connectivity index (χ4v) is 7.13. The first-order valence-electron chi connectivity index (χ1n) is 20.4. The molecule has 2 amide bonds. The number of ether oxygens (including phenoxy) is 7. The molecule has 22 nitrogen and oxygen atoms in total.